The fourth-order valence-electron chi connectivity index (χ4n) is 1.19. The lowest BCUT2D eigenvalue weighted by molar-refractivity contribution is -0.143. The van der Waals surface area contributed by atoms with Crippen LogP contribution in [-0.2, 0) is 14.3 Å². The monoisotopic (exact) mass is 252 g/mol. The van der Waals surface area contributed by atoms with Crippen LogP contribution in [0.3, 0.4) is 0 Å². The standard InChI is InChI=1S/C10H20O3S2/c1-5-13-9(11)10(14-4,15-6-2)7-8-12-3/h5-8H2,1-4H3. The number of ether oxygens (including phenoxy) is 2. The summed E-state index contributed by atoms with van der Waals surface area (Å²) in [5, 5.41) is 0. The Labute approximate surface area is 101 Å². The van der Waals surface area contributed by atoms with Gasteiger partial charge in [0.2, 0.25) is 0 Å². The van der Waals surface area contributed by atoms with Gasteiger partial charge in [0.15, 0.2) is 4.08 Å². The smallest absolute Gasteiger partial charge is 0.332 e. The summed E-state index contributed by atoms with van der Waals surface area (Å²) in [5.74, 6) is 0.755. The molecular weight excluding hydrogens is 232 g/mol. The minimum Gasteiger partial charge on any atom is -0.464 e. The van der Waals surface area contributed by atoms with Crippen LogP contribution >= 0.6 is 23.5 Å². The molecule has 0 bridgehead atoms. The van der Waals surface area contributed by atoms with Gasteiger partial charge in [-0.25, -0.2) is 4.79 Å². The normalized spacial score (nSPS) is 14.7. The fraction of sp³-hybridized carbons (Fsp3) is 0.900. The Balaban J connectivity index is 4.54. The van der Waals surface area contributed by atoms with Crippen LogP contribution in [0.1, 0.15) is 20.3 Å². The number of thioether (sulfide) groups is 2. The summed E-state index contributed by atoms with van der Waals surface area (Å²) in [4.78, 5) is 11.9. The highest BCUT2D eigenvalue weighted by atomic mass is 32.2. The van der Waals surface area contributed by atoms with Gasteiger partial charge in [0.05, 0.1) is 6.61 Å². The molecule has 1 atom stereocenters. The third kappa shape index (κ3) is 4.66. The van der Waals surface area contributed by atoms with E-state index < -0.39 is 4.08 Å². The zero-order valence-electron chi connectivity index (χ0n) is 9.87. The quantitative estimate of drug-likeness (QED) is 0.489. The first-order valence-corrected chi connectivity index (χ1v) is 7.23. The third-order valence-electron chi connectivity index (χ3n) is 1.93. The zero-order chi connectivity index (χ0) is 11.7. The molecule has 0 N–H and O–H groups in total. The first-order valence-electron chi connectivity index (χ1n) is 5.02. The molecule has 0 aromatic rings. The van der Waals surface area contributed by atoms with Crippen molar-refractivity contribution in [2.24, 2.45) is 0 Å². The molecule has 0 saturated carbocycles. The molecule has 0 aliphatic heterocycles. The van der Waals surface area contributed by atoms with Crippen molar-refractivity contribution in [2.75, 3.05) is 32.3 Å². The Bertz CT molecular complexity index is 188. The van der Waals surface area contributed by atoms with E-state index in [1.807, 2.05) is 20.1 Å². The Morgan fingerprint density at radius 2 is 2.07 bits per heavy atom. The van der Waals surface area contributed by atoms with Crippen LogP contribution in [0.4, 0.5) is 0 Å². The molecule has 0 aromatic heterocycles. The SMILES string of the molecule is CCOC(=O)C(CCOC)(SC)SCC. The number of hydrogen-bond acceptors (Lipinski definition) is 5. The van der Waals surface area contributed by atoms with Crippen LogP contribution in [0.25, 0.3) is 0 Å². The fourth-order valence-corrected chi connectivity index (χ4v) is 3.40. The number of hydrogen-bond donors (Lipinski definition) is 0. The van der Waals surface area contributed by atoms with Gasteiger partial charge < -0.3 is 9.47 Å². The number of carbonyl (C=O) groups excluding carboxylic acids is 1. The molecule has 0 aromatic carbocycles. The van der Waals surface area contributed by atoms with Crippen LogP contribution in [0.5, 0.6) is 0 Å². The third-order valence-corrected chi connectivity index (χ3v) is 4.94. The predicted molar refractivity (Wildman–Crippen MR) is 67.5 cm³/mol. The van der Waals surface area contributed by atoms with Crippen molar-refractivity contribution in [3.63, 3.8) is 0 Å². The molecular formula is C10H20O3S2. The van der Waals surface area contributed by atoms with Gasteiger partial charge in [-0.15, -0.1) is 23.5 Å². The van der Waals surface area contributed by atoms with Crippen LogP contribution < -0.4 is 0 Å². The van der Waals surface area contributed by atoms with Crippen LogP contribution in [0.2, 0.25) is 0 Å². The summed E-state index contributed by atoms with van der Waals surface area (Å²) in [6.07, 6.45) is 2.62. The summed E-state index contributed by atoms with van der Waals surface area (Å²) in [6.45, 7) is 4.88. The maximum Gasteiger partial charge on any atom is 0.332 e. The van der Waals surface area contributed by atoms with Gasteiger partial charge in [-0.2, -0.15) is 0 Å². The number of methoxy groups -OCH3 is 1. The van der Waals surface area contributed by atoms with Crippen LogP contribution in [0.15, 0.2) is 0 Å². The first kappa shape index (κ1) is 15.1. The van der Waals surface area contributed by atoms with Crippen LogP contribution in [0, 0.1) is 0 Å². The summed E-state index contributed by atoms with van der Waals surface area (Å²) in [5.41, 5.74) is 0. The summed E-state index contributed by atoms with van der Waals surface area (Å²) in [6, 6.07) is 0. The molecule has 0 fully saturated rings. The second kappa shape index (κ2) is 8.30. The Hall–Kier alpha value is 0.130. The van der Waals surface area contributed by atoms with Gasteiger partial charge in [-0.3, -0.25) is 0 Å². The van der Waals surface area contributed by atoms with Crippen LogP contribution in [-0.4, -0.2) is 42.4 Å². The molecule has 1 unspecified atom stereocenters. The van der Waals surface area contributed by atoms with Gasteiger partial charge in [0, 0.05) is 20.1 Å². The second-order valence-corrected chi connectivity index (χ2v) is 5.78. The number of carbonyl (C=O) groups is 1. The van der Waals surface area contributed by atoms with Crippen molar-refractivity contribution in [2.45, 2.75) is 24.3 Å². The highest BCUT2D eigenvalue weighted by molar-refractivity contribution is 8.19. The lowest BCUT2D eigenvalue weighted by Crippen LogP contribution is -2.35. The molecule has 0 amide bonds. The molecule has 5 heteroatoms. The topological polar surface area (TPSA) is 35.5 Å². The van der Waals surface area contributed by atoms with E-state index in [1.165, 1.54) is 11.8 Å². The average Bonchev–Trinajstić information content (AvgIpc) is 2.24. The van der Waals surface area contributed by atoms with E-state index >= 15 is 0 Å². The predicted octanol–water partition coefficient (Wildman–Crippen LogP) is 2.40. The van der Waals surface area contributed by atoms with E-state index in [1.54, 1.807) is 18.9 Å². The van der Waals surface area contributed by atoms with Crippen molar-refractivity contribution >= 4 is 29.5 Å². The van der Waals surface area contributed by atoms with E-state index in [0.717, 1.165) is 5.75 Å². The molecule has 0 heterocycles. The summed E-state index contributed by atoms with van der Waals surface area (Å²) < 4.78 is 9.65. The van der Waals surface area contributed by atoms with E-state index in [0.29, 0.717) is 19.6 Å². The van der Waals surface area contributed by atoms with E-state index in [2.05, 4.69) is 0 Å². The number of rotatable bonds is 8. The highest BCUT2D eigenvalue weighted by Gasteiger charge is 2.39. The lowest BCUT2D eigenvalue weighted by Gasteiger charge is -2.28. The minimum atomic E-state index is -0.499. The van der Waals surface area contributed by atoms with Crippen molar-refractivity contribution < 1.29 is 14.3 Å². The van der Waals surface area contributed by atoms with Crippen molar-refractivity contribution in [1.29, 1.82) is 0 Å². The largest absolute Gasteiger partial charge is 0.464 e. The molecule has 15 heavy (non-hydrogen) atoms. The Morgan fingerprint density at radius 1 is 1.40 bits per heavy atom. The van der Waals surface area contributed by atoms with Gasteiger partial charge >= 0.3 is 5.97 Å². The van der Waals surface area contributed by atoms with Gasteiger partial charge in [0.1, 0.15) is 0 Å². The molecule has 0 aliphatic rings. The van der Waals surface area contributed by atoms with E-state index in [9.17, 15) is 4.79 Å². The Kier molecular flexibility index (Phi) is 8.37. The van der Waals surface area contributed by atoms with Crippen molar-refractivity contribution in [3.8, 4) is 0 Å². The zero-order valence-corrected chi connectivity index (χ0v) is 11.5. The molecule has 0 radical (unpaired) electrons. The van der Waals surface area contributed by atoms with Gasteiger partial charge in [0.25, 0.3) is 0 Å². The molecule has 0 aliphatic carbocycles. The molecule has 0 spiro atoms. The minimum absolute atomic E-state index is 0.138. The first-order chi connectivity index (χ1) is 7.16. The van der Waals surface area contributed by atoms with E-state index in [4.69, 9.17) is 9.47 Å². The van der Waals surface area contributed by atoms with Crippen molar-refractivity contribution in [3.05, 3.63) is 0 Å². The molecule has 0 saturated heterocycles. The average molecular weight is 252 g/mol. The Morgan fingerprint density at radius 3 is 2.47 bits per heavy atom. The van der Waals surface area contributed by atoms with Crippen molar-refractivity contribution in [1.82, 2.24) is 0 Å². The van der Waals surface area contributed by atoms with E-state index in [-0.39, 0.29) is 5.97 Å². The molecule has 90 valence electrons. The summed E-state index contributed by atoms with van der Waals surface area (Å²) in [7, 11) is 1.65. The maximum atomic E-state index is 11.9. The second-order valence-electron chi connectivity index (χ2n) is 2.85. The van der Waals surface area contributed by atoms with Gasteiger partial charge in [-0.05, 0) is 18.9 Å². The summed E-state index contributed by atoms with van der Waals surface area (Å²) >= 11 is 3.16. The molecule has 0 rings (SSSR count). The maximum absolute atomic E-state index is 11.9. The number of esters is 1. The lowest BCUT2D eigenvalue weighted by atomic mass is 10.3. The highest BCUT2D eigenvalue weighted by Crippen LogP contribution is 2.40. The van der Waals surface area contributed by atoms with Gasteiger partial charge in [-0.1, -0.05) is 6.92 Å². The molecule has 3 nitrogen and oxygen atoms in total.